The summed E-state index contributed by atoms with van der Waals surface area (Å²) < 4.78 is 7.45. The Labute approximate surface area is 177 Å². The molecule has 1 N–H and O–H groups in total. The topological polar surface area (TPSA) is 89.9 Å². The van der Waals surface area contributed by atoms with Gasteiger partial charge in [0.1, 0.15) is 16.8 Å². The van der Waals surface area contributed by atoms with E-state index in [9.17, 15) is 9.59 Å². The number of fused-ring (bicyclic) bond motifs is 1. The van der Waals surface area contributed by atoms with Crippen molar-refractivity contribution in [1.29, 1.82) is 0 Å². The lowest BCUT2D eigenvalue weighted by molar-refractivity contribution is -0.156. The number of esters is 1. The second-order valence-electron chi connectivity index (χ2n) is 10.2. The van der Waals surface area contributed by atoms with Gasteiger partial charge < -0.3 is 9.72 Å². The zero-order chi connectivity index (χ0) is 21.3. The Morgan fingerprint density at radius 1 is 1.17 bits per heavy atom. The van der Waals surface area contributed by atoms with Crippen LogP contribution in [0, 0.1) is 11.8 Å². The molecule has 2 heterocycles. The first-order chi connectivity index (χ1) is 14.3. The summed E-state index contributed by atoms with van der Waals surface area (Å²) in [6, 6.07) is 0.164. The maximum atomic E-state index is 12.6. The number of rotatable bonds is 5. The maximum absolute atomic E-state index is 12.6. The van der Waals surface area contributed by atoms with Gasteiger partial charge in [0.05, 0.1) is 12.2 Å². The molecule has 2 aromatic rings. The summed E-state index contributed by atoms with van der Waals surface area (Å²) in [5, 5.41) is 5.10. The van der Waals surface area contributed by atoms with Crippen molar-refractivity contribution < 1.29 is 9.53 Å². The van der Waals surface area contributed by atoms with Crippen LogP contribution in [0.2, 0.25) is 0 Å². The molecule has 2 aliphatic carbocycles. The monoisotopic (exact) mass is 414 g/mol. The molecule has 0 aliphatic heterocycles. The van der Waals surface area contributed by atoms with E-state index in [1.807, 2.05) is 25.5 Å². The van der Waals surface area contributed by atoms with E-state index < -0.39 is 5.60 Å². The van der Waals surface area contributed by atoms with Gasteiger partial charge in [0, 0.05) is 12.8 Å². The summed E-state index contributed by atoms with van der Waals surface area (Å²) in [6.45, 7) is 5.70. The molecule has 30 heavy (non-hydrogen) atoms. The summed E-state index contributed by atoms with van der Waals surface area (Å²) in [6.07, 6.45) is 11.8. The second-order valence-corrected chi connectivity index (χ2v) is 10.2. The van der Waals surface area contributed by atoms with E-state index in [4.69, 9.17) is 9.72 Å². The first-order valence-corrected chi connectivity index (χ1v) is 11.5. The average molecular weight is 415 g/mol. The minimum absolute atomic E-state index is 0.0969. The van der Waals surface area contributed by atoms with Crippen LogP contribution in [0.3, 0.4) is 0 Å². The lowest BCUT2D eigenvalue weighted by Gasteiger charge is -2.30. The minimum Gasteiger partial charge on any atom is -0.460 e. The van der Waals surface area contributed by atoms with Crippen LogP contribution in [-0.4, -0.2) is 31.3 Å². The molecule has 0 amide bonds. The molecule has 7 nitrogen and oxygen atoms in total. The molecule has 0 bridgehead atoms. The standard InChI is InChI=1S/C23H34N4O3/c1-23(2,3)30-20(28)13-16-9-6-10-17(11-16)27-21-18(14-24-27)22(29)26-19(25-21)12-15-7-4-5-8-15/h14-17H,4-13H2,1-3H3,(H,25,26,29). The quantitative estimate of drug-likeness (QED) is 0.736. The first kappa shape index (κ1) is 21.1. The maximum Gasteiger partial charge on any atom is 0.306 e. The molecule has 2 saturated carbocycles. The van der Waals surface area contributed by atoms with Crippen LogP contribution in [0.1, 0.15) is 90.4 Å². The Hall–Kier alpha value is -2.18. The first-order valence-electron chi connectivity index (χ1n) is 11.5. The van der Waals surface area contributed by atoms with Crippen molar-refractivity contribution in [1.82, 2.24) is 19.7 Å². The van der Waals surface area contributed by atoms with Gasteiger partial charge in [-0.1, -0.05) is 32.1 Å². The fraction of sp³-hybridized carbons (Fsp3) is 0.739. The largest absolute Gasteiger partial charge is 0.460 e. The molecule has 0 spiro atoms. The molecule has 0 radical (unpaired) electrons. The summed E-state index contributed by atoms with van der Waals surface area (Å²) in [5.41, 5.74) is 0.138. The average Bonchev–Trinajstić information content (AvgIpc) is 3.30. The highest BCUT2D eigenvalue weighted by molar-refractivity contribution is 5.73. The number of H-pyrrole nitrogens is 1. The predicted molar refractivity (Wildman–Crippen MR) is 115 cm³/mol. The number of hydrogen-bond donors (Lipinski definition) is 1. The molecule has 2 aromatic heterocycles. The second kappa shape index (κ2) is 8.52. The van der Waals surface area contributed by atoms with Gasteiger partial charge >= 0.3 is 5.97 Å². The van der Waals surface area contributed by atoms with E-state index in [2.05, 4.69) is 10.1 Å². The number of nitrogens with one attached hydrogen (secondary N) is 1. The number of nitrogens with zero attached hydrogens (tertiary/aromatic N) is 3. The summed E-state index contributed by atoms with van der Waals surface area (Å²) in [5.74, 6) is 1.54. The van der Waals surface area contributed by atoms with E-state index in [0.717, 1.165) is 37.9 Å². The zero-order valence-corrected chi connectivity index (χ0v) is 18.4. The van der Waals surface area contributed by atoms with Crippen molar-refractivity contribution >= 4 is 17.0 Å². The normalized spacial score (nSPS) is 23.2. The van der Waals surface area contributed by atoms with Crippen molar-refractivity contribution in [2.75, 3.05) is 0 Å². The summed E-state index contributed by atoms with van der Waals surface area (Å²) >= 11 is 0. The Balaban J connectivity index is 1.51. The van der Waals surface area contributed by atoms with Gasteiger partial charge in [0.25, 0.3) is 5.56 Å². The van der Waals surface area contributed by atoms with E-state index in [1.165, 1.54) is 25.7 Å². The number of ether oxygens (including phenoxy) is 1. The van der Waals surface area contributed by atoms with Gasteiger partial charge in [0.2, 0.25) is 0 Å². The van der Waals surface area contributed by atoms with E-state index in [1.54, 1.807) is 6.20 Å². The molecule has 2 unspecified atom stereocenters. The zero-order valence-electron chi connectivity index (χ0n) is 18.4. The Morgan fingerprint density at radius 2 is 1.90 bits per heavy atom. The lowest BCUT2D eigenvalue weighted by Crippen LogP contribution is -2.27. The molecule has 2 aliphatic rings. The molecule has 0 aromatic carbocycles. The number of aromatic nitrogens is 4. The van der Waals surface area contributed by atoms with Gasteiger partial charge in [-0.2, -0.15) is 5.10 Å². The summed E-state index contributed by atoms with van der Waals surface area (Å²) in [7, 11) is 0. The van der Waals surface area contributed by atoms with Crippen LogP contribution in [0.25, 0.3) is 11.0 Å². The lowest BCUT2D eigenvalue weighted by atomic mass is 9.84. The van der Waals surface area contributed by atoms with Crippen molar-refractivity contribution in [3.05, 3.63) is 22.4 Å². The predicted octanol–water partition coefficient (Wildman–Crippen LogP) is 4.32. The van der Waals surface area contributed by atoms with Crippen molar-refractivity contribution in [3.8, 4) is 0 Å². The van der Waals surface area contributed by atoms with Crippen LogP contribution >= 0.6 is 0 Å². The third-order valence-corrected chi connectivity index (χ3v) is 6.45. The molecule has 2 atom stereocenters. The minimum atomic E-state index is -0.454. The molecular formula is C23H34N4O3. The molecule has 4 rings (SSSR count). The van der Waals surface area contributed by atoms with Gasteiger partial charge in [0.15, 0.2) is 5.65 Å². The number of hydrogen-bond acceptors (Lipinski definition) is 5. The van der Waals surface area contributed by atoms with Crippen LogP contribution in [0.15, 0.2) is 11.0 Å². The van der Waals surface area contributed by atoms with Crippen LogP contribution in [0.4, 0.5) is 0 Å². The fourth-order valence-electron chi connectivity index (χ4n) is 5.12. The van der Waals surface area contributed by atoms with E-state index in [-0.39, 0.29) is 23.5 Å². The molecule has 7 heteroatoms. The smallest absolute Gasteiger partial charge is 0.306 e. The van der Waals surface area contributed by atoms with Gasteiger partial charge in [-0.15, -0.1) is 0 Å². The molecule has 2 fully saturated rings. The number of carbonyl (C=O) groups is 1. The third-order valence-electron chi connectivity index (χ3n) is 6.45. The van der Waals surface area contributed by atoms with Gasteiger partial charge in [-0.25, -0.2) is 9.67 Å². The van der Waals surface area contributed by atoms with Crippen LogP contribution in [0.5, 0.6) is 0 Å². The Kier molecular flexibility index (Phi) is 5.98. The van der Waals surface area contributed by atoms with Crippen molar-refractivity contribution in [2.45, 2.75) is 96.6 Å². The van der Waals surface area contributed by atoms with E-state index in [0.29, 0.717) is 23.4 Å². The SMILES string of the molecule is CC(C)(C)OC(=O)CC1CCCC(n2ncc3c(=O)[nH]c(CC4CCCC4)nc32)C1. The number of aromatic amines is 1. The van der Waals surface area contributed by atoms with Crippen molar-refractivity contribution in [2.24, 2.45) is 11.8 Å². The number of carbonyl (C=O) groups excluding carboxylic acids is 1. The highest BCUT2D eigenvalue weighted by Gasteiger charge is 2.29. The molecule has 0 saturated heterocycles. The summed E-state index contributed by atoms with van der Waals surface area (Å²) in [4.78, 5) is 32.7. The fourth-order valence-corrected chi connectivity index (χ4v) is 5.12. The van der Waals surface area contributed by atoms with Crippen LogP contribution < -0.4 is 5.56 Å². The van der Waals surface area contributed by atoms with E-state index >= 15 is 0 Å². The molecular weight excluding hydrogens is 380 g/mol. The van der Waals surface area contributed by atoms with Crippen LogP contribution in [-0.2, 0) is 16.0 Å². The highest BCUT2D eigenvalue weighted by Crippen LogP contribution is 2.35. The van der Waals surface area contributed by atoms with Gasteiger partial charge in [-0.05, 0) is 51.9 Å². The van der Waals surface area contributed by atoms with Crippen molar-refractivity contribution in [3.63, 3.8) is 0 Å². The molecule has 164 valence electrons. The third kappa shape index (κ3) is 4.93. The Morgan fingerprint density at radius 3 is 2.63 bits per heavy atom. The van der Waals surface area contributed by atoms with Gasteiger partial charge in [-0.3, -0.25) is 9.59 Å². The Bertz CT molecular complexity index is 949. The highest BCUT2D eigenvalue weighted by atomic mass is 16.6.